The van der Waals surface area contributed by atoms with Crippen molar-refractivity contribution in [3.63, 3.8) is 0 Å². The highest BCUT2D eigenvalue weighted by atomic mass is 35.7. The van der Waals surface area contributed by atoms with E-state index in [1.807, 2.05) is 13.8 Å². The Morgan fingerprint density at radius 2 is 2.14 bits per heavy atom. The largest absolute Gasteiger partial charge is 0.340 e. The molecule has 0 aliphatic heterocycles. The first-order valence-electron chi connectivity index (χ1n) is 7.04. The summed E-state index contributed by atoms with van der Waals surface area (Å²) in [6.07, 6.45) is 2.71. The van der Waals surface area contributed by atoms with E-state index in [9.17, 15) is 13.2 Å². The van der Waals surface area contributed by atoms with Crippen molar-refractivity contribution in [2.45, 2.75) is 43.9 Å². The van der Waals surface area contributed by atoms with E-state index in [4.69, 9.17) is 10.7 Å². The first-order chi connectivity index (χ1) is 9.75. The fraction of sp³-hybridized carbons (Fsp3) is 0.692. The number of aromatic amines is 1. The second-order valence-electron chi connectivity index (χ2n) is 5.73. The molecule has 2 rings (SSSR count). The summed E-state index contributed by atoms with van der Waals surface area (Å²) >= 11 is 0. The number of halogens is 1. The van der Waals surface area contributed by atoms with Crippen LogP contribution in [0.15, 0.2) is 4.90 Å². The molecule has 8 heteroatoms. The highest BCUT2D eigenvalue weighted by Gasteiger charge is 2.37. The summed E-state index contributed by atoms with van der Waals surface area (Å²) in [6, 6.07) is 0. The van der Waals surface area contributed by atoms with Crippen molar-refractivity contribution in [1.29, 1.82) is 0 Å². The lowest BCUT2D eigenvalue weighted by Crippen LogP contribution is -2.32. The first-order valence-corrected chi connectivity index (χ1v) is 9.35. The monoisotopic (exact) mass is 333 g/mol. The summed E-state index contributed by atoms with van der Waals surface area (Å²) < 4.78 is 23.6. The van der Waals surface area contributed by atoms with E-state index in [1.54, 1.807) is 7.05 Å². The number of hydrogen-bond acceptors (Lipinski definition) is 4. The Morgan fingerprint density at radius 3 is 2.62 bits per heavy atom. The zero-order chi connectivity index (χ0) is 15.8. The van der Waals surface area contributed by atoms with Crippen LogP contribution in [0.1, 0.15) is 55.2 Å². The summed E-state index contributed by atoms with van der Waals surface area (Å²) in [4.78, 5) is 13.8. The molecule has 1 saturated carbocycles. The van der Waals surface area contributed by atoms with Crippen molar-refractivity contribution in [3.8, 4) is 0 Å². The summed E-state index contributed by atoms with van der Waals surface area (Å²) in [6.45, 7) is 4.61. The maximum absolute atomic E-state index is 12.4. The molecule has 1 aliphatic rings. The third kappa shape index (κ3) is 3.58. The molecule has 0 saturated heterocycles. The second-order valence-corrected chi connectivity index (χ2v) is 8.23. The molecular weight excluding hydrogens is 314 g/mol. The van der Waals surface area contributed by atoms with Crippen LogP contribution in [0.4, 0.5) is 0 Å². The molecule has 6 nitrogen and oxygen atoms in total. The van der Waals surface area contributed by atoms with E-state index in [-0.39, 0.29) is 16.5 Å². The van der Waals surface area contributed by atoms with Gasteiger partial charge in [-0.05, 0) is 18.8 Å². The predicted molar refractivity (Wildman–Crippen MR) is 80.0 cm³/mol. The molecular formula is C13H20ClN3O3S. The van der Waals surface area contributed by atoms with Gasteiger partial charge in [-0.3, -0.25) is 9.89 Å². The van der Waals surface area contributed by atoms with Crippen molar-refractivity contribution in [2.24, 2.45) is 5.92 Å². The van der Waals surface area contributed by atoms with Crippen molar-refractivity contribution < 1.29 is 13.2 Å². The number of carbonyl (C=O) groups is 1. The summed E-state index contributed by atoms with van der Waals surface area (Å²) in [5.41, 5.74) is 0.364. The van der Waals surface area contributed by atoms with Crippen LogP contribution < -0.4 is 0 Å². The third-order valence-corrected chi connectivity index (χ3v) is 5.17. The van der Waals surface area contributed by atoms with Crippen LogP contribution in [-0.2, 0) is 9.05 Å². The van der Waals surface area contributed by atoms with Gasteiger partial charge in [0.1, 0.15) is 4.90 Å². The molecule has 0 spiro atoms. The van der Waals surface area contributed by atoms with Crippen molar-refractivity contribution in [2.75, 3.05) is 13.6 Å². The van der Waals surface area contributed by atoms with Crippen molar-refractivity contribution in [1.82, 2.24) is 15.1 Å². The van der Waals surface area contributed by atoms with E-state index in [0.29, 0.717) is 18.2 Å². The lowest BCUT2D eigenvalue weighted by Gasteiger charge is -2.20. The molecule has 0 aromatic carbocycles. The van der Waals surface area contributed by atoms with E-state index in [0.717, 1.165) is 19.3 Å². The average Bonchev–Trinajstić information content (AvgIpc) is 3.14. The van der Waals surface area contributed by atoms with Crippen LogP contribution in [0.2, 0.25) is 0 Å². The molecule has 1 unspecified atom stereocenters. The Hall–Kier alpha value is -1.08. The standard InChI is InChI=1S/C13H20ClN3O3S/c1-4-8(2)7-17(3)13(18)11-12(21(14,19)20)10(15-16-11)9-5-6-9/h8-9H,4-7H2,1-3H3,(H,15,16). The summed E-state index contributed by atoms with van der Waals surface area (Å²) in [5.74, 6) is 0.0250. The summed E-state index contributed by atoms with van der Waals surface area (Å²) in [5, 5.41) is 6.60. The molecule has 0 radical (unpaired) electrons. The van der Waals surface area contributed by atoms with Crippen LogP contribution in [0, 0.1) is 5.92 Å². The van der Waals surface area contributed by atoms with Gasteiger partial charge in [-0.1, -0.05) is 20.3 Å². The molecule has 1 fully saturated rings. The zero-order valence-corrected chi connectivity index (χ0v) is 14.0. The van der Waals surface area contributed by atoms with Crippen molar-refractivity contribution >= 4 is 25.6 Å². The summed E-state index contributed by atoms with van der Waals surface area (Å²) in [7, 11) is 3.14. The van der Waals surface area contributed by atoms with Gasteiger partial charge in [0.15, 0.2) is 5.69 Å². The highest BCUT2D eigenvalue weighted by Crippen LogP contribution is 2.43. The van der Waals surface area contributed by atoms with Gasteiger partial charge < -0.3 is 4.90 Å². The molecule has 1 aromatic rings. The number of nitrogens with one attached hydrogen (secondary N) is 1. The quantitative estimate of drug-likeness (QED) is 0.810. The van der Waals surface area contributed by atoms with Gasteiger partial charge in [-0.15, -0.1) is 0 Å². The Kier molecular flexibility index (Phi) is 4.63. The van der Waals surface area contributed by atoms with Crippen LogP contribution in [0.25, 0.3) is 0 Å². The van der Waals surface area contributed by atoms with Gasteiger partial charge in [-0.25, -0.2) is 8.42 Å². The number of H-pyrrole nitrogens is 1. The number of hydrogen-bond donors (Lipinski definition) is 1. The van der Waals surface area contributed by atoms with Gasteiger partial charge >= 0.3 is 0 Å². The van der Waals surface area contributed by atoms with Gasteiger partial charge in [0, 0.05) is 30.2 Å². The molecule has 1 aromatic heterocycles. The smallest absolute Gasteiger partial charge is 0.275 e. The third-order valence-electron chi connectivity index (χ3n) is 3.81. The number of amides is 1. The minimum Gasteiger partial charge on any atom is -0.340 e. The Labute approximate surface area is 129 Å². The lowest BCUT2D eigenvalue weighted by molar-refractivity contribution is 0.0765. The topological polar surface area (TPSA) is 83.1 Å². The van der Waals surface area contributed by atoms with Gasteiger partial charge in [0.2, 0.25) is 0 Å². The van der Waals surface area contributed by atoms with Crippen LogP contribution in [0.3, 0.4) is 0 Å². The average molecular weight is 334 g/mol. The molecule has 1 amide bonds. The van der Waals surface area contributed by atoms with Crippen LogP contribution in [0.5, 0.6) is 0 Å². The number of nitrogens with zero attached hydrogens (tertiary/aromatic N) is 2. The fourth-order valence-electron chi connectivity index (χ4n) is 2.25. The molecule has 118 valence electrons. The maximum Gasteiger partial charge on any atom is 0.275 e. The van der Waals surface area contributed by atoms with Gasteiger partial charge in [0.25, 0.3) is 15.0 Å². The highest BCUT2D eigenvalue weighted by molar-refractivity contribution is 8.13. The van der Waals surface area contributed by atoms with E-state index in [2.05, 4.69) is 10.2 Å². The molecule has 21 heavy (non-hydrogen) atoms. The Bertz CT molecular complexity index is 637. The minimum atomic E-state index is -4.01. The fourth-order valence-corrected chi connectivity index (χ4v) is 3.55. The molecule has 1 atom stereocenters. The van der Waals surface area contributed by atoms with E-state index in [1.165, 1.54) is 4.90 Å². The SMILES string of the molecule is CCC(C)CN(C)C(=O)c1n[nH]c(C2CC2)c1S(=O)(=O)Cl. The van der Waals surface area contributed by atoms with Gasteiger partial charge in [0.05, 0.1) is 5.69 Å². The van der Waals surface area contributed by atoms with E-state index >= 15 is 0 Å². The van der Waals surface area contributed by atoms with Crippen LogP contribution in [-0.4, -0.2) is 43.0 Å². The second kappa shape index (κ2) is 5.96. The number of aromatic nitrogens is 2. The first kappa shape index (κ1) is 16.3. The maximum atomic E-state index is 12.4. The molecule has 0 bridgehead atoms. The molecule has 1 heterocycles. The predicted octanol–water partition coefficient (Wildman–Crippen LogP) is 2.33. The minimum absolute atomic E-state index is 0.0993. The zero-order valence-electron chi connectivity index (χ0n) is 12.4. The normalized spacial score (nSPS) is 16.8. The van der Waals surface area contributed by atoms with E-state index < -0.39 is 15.0 Å². The molecule has 1 N–H and O–H groups in total. The number of rotatable bonds is 6. The van der Waals surface area contributed by atoms with Crippen molar-refractivity contribution in [3.05, 3.63) is 11.4 Å². The van der Waals surface area contributed by atoms with Gasteiger partial charge in [-0.2, -0.15) is 5.10 Å². The Morgan fingerprint density at radius 1 is 1.52 bits per heavy atom. The lowest BCUT2D eigenvalue weighted by atomic mass is 10.1. The molecule has 1 aliphatic carbocycles. The van der Waals surface area contributed by atoms with Crippen LogP contribution >= 0.6 is 10.7 Å². The Balaban J connectivity index is 2.33. The number of carbonyl (C=O) groups excluding carboxylic acids is 1.